The van der Waals surface area contributed by atoms with Gasteiger partial charge in [-0.05, 0) is 59.8 Å². The lowest BCUT2D eigenvalue weighted by molar-refractivity contribution is 0.0938. The van der Waals surface area contributed by atoms with Crippen LogP contribution < -0.4 is 5.32 Å². The summed E-state index contributed by atoms with van der Waals surface area (Å²) in [4.78, 5) is 13.1. The van der Waals surface area contributed by atoms with E-state index in [0.29, 0.717) is 4.34 Å². The molecule has 1 atom stereocenters. The minimum Gasteiger partial charge on any atom is -0.507 e. The normalized spacial score (nSPS) is 12.2. The summed E-state index contributed by atoms with van der Waals surface area (Å²) in [5, 5.41) is 12.6. The van der Waals surface area contributed by atoms with Crippen LogP contribution in [0, 0.1) is 3.57 Å². The number of phenolic OH excluding ortho intramolecular Hbond substituents is 1. The minimum atomic E-state index is -0.298. The average Bonchev–Trinajstić information content (AvgIpc) is 2.79. The topological polar surface area (TPSA) is 49.3 Å². The van der Waals surface area contributed by atoms with Crippen LogP contribution in [0.5, 0.6) is 5.75 Å². The molecule has 2 N–H and O–H groups in total. The Labute approximate surface area is 133 Å². The number of hydrogen-bond acceptors (Lipinski definition) is 3. The van der Waals surface area contributed by atoms with Gasteiger partial charge in [0.05, 0.1) is 15.9 Å². The number of benzene rings is 1. The third-order valence-electron chi connectivity index (χ3n) is 2.57. The van der Waals surface area contributed by atoms with E-state index in [1.165, 1.54) is 17.4 Å². The third-order valence-corrected chi connectivity index (χ3v) is 4.66. The number of rotatable bonds is 3. The molecule has 0 saturated carbocycles. The first-order chi connectivity index (χ1) is 8.97. The molecule has 1 heterocycles. The summed E-state index contributed by atoms with van der Waals surface area (Å²) in [6.45, 7) is 1.88. The summed E-state index contributed by atoms with van der Waals surface area (Å²) in [5.41, 5.74) is 0.279. The molecule has 6 heteroatoms. The maximum Gasteiger partial charge on any atom is 0.255 e. The number of nitrogens with one attached hydrogen (secondary N) is 1. The highest BCUT2D eigenvalue weighted by molar-refractivity contribution is 14.1. The molecule has 0 fully saturated rings. The molecule has 0 spiro atoms. The van der Waals surface area contributed by atoms with Crippen LogP contribution in [0.2, 0.25) is 4.34 Å². The number of aromatic hydroxyl groups is 1. The number of carbonyl (C=O) groups excluding carboxylic acids is 1. The highest BCUT2D eigenvalue weighted by Crippen LogP contribution is 2.27. The molecule has 2 aromatic rings. The van der Waals surface area contributed by atoms with E-state index < -0.39 is 0 Å². The molecule has 1 aromatic heterocycles. The van der Waals surface area contributed by atoms with Gasteiger partial charge in [-0.15, -0.1) is 11.3 Å². The summed E-state index contributed by atoms with van der Waals surface area (Å²) < 4.78 is 1.58. The van der Waals surface area contributed by atoms with E-state index in [0.717, 1.165) is 8.45 Å². The van der Waals surface area contributed by atoms with Gasteiger partial charge in [0.25, 0.3) is 5.91 Å². The van der Waals surface area contributed by atoms with Crippen molar-refractivity contribution in [3.05, 3.63) is 48.7 Å². The van der Waals surface area contributed by atoms with Gasteiger partial charge < -0.3 is 10.4 Å². The lowest BCUT2D eigenvalue weighted by Crippen LogP contribution is -2.26. The molecule has 2 rings (SSSR count). The van der Waals surface area contributed by atoms with Crippen molar-refractivity contribution in [2.45, 2.75) is 13.0 Å². The van der Waals surface area contributed by atoms with Gasteiger partial charge in [-0.25, -0.2) is 0 Å². The van der Waals surface area contributed by atoms with Crippen molar-refractivity contribution in [3.63, 3.8) is 0 Å². The number of amides is 1. The second kappa shape index (κ2) is 6.11. The molecule has 0 radical (unpaired) electrons. The highest BCUT2D eigenvalue weighted by atomic mass is 127. The first-order valence-electron chi connectivity index (χ1n) is 5.52. The van der Waals surface area contributed by atoms with Crippen LogP contribution in [0.15, 0.2) is 30.3 Å². The summed E-state index contributed by atoms with van der Waals surface area (Å²) in [5.74, 6) is -0.317. The number of phenols is 1. The van der Waals surface area contributed by atoms with E-state index >= 15 is 0 Å². The predicted octanol–water partition coefficient (Wildman–Crippen LogP) is 4.20. The van der Waals surface area contributed by atoms with Crippen LogP contribution in [-0.4, -0.2) is 11.0 Å². The Hall–Kier alpha value is -0.790. The SMILES string of the molecule is CC(NC(=O)c1cc(I)ccc1O)c1ccc(Cl)s1. The Balaban J connectivity index is 2.15. The van der Waals surface area contributed by atoms with E-state index in [9.17, 15) is 9.90 Å². The van der Waals surface area contributed by atoms with Crippen LogP contribution >= 0.6 is 45.5 Å². The molecular formula is C13H11ClINO2S. The smallest absolute Gasteiger partial charge is 0.255 e. The molecule has 0 aliphatic carbocycles. The fraction of sp³-hybridized carbons (Fsp3) is 0.154. The standard InChI is InChI=1S/C13H11ClINO2S/c1-7(11-4-5-12(14)19-11)16-13(18)9-6-8(15)2-3-10(9)17/h2-7,17H,1H3,(H,16,18). The largest absolute Gasteiger partial charge is 0.507 e. The maximum absolute atomic E-state index is 12.1. The fourth-order valence-corrected chi connectivity index (χ4v) is 3.15. The molecule has 0 saturated heterocycles. The molecule has 1 amide bonds. The van der Waals surface area contributed by atoms with E-state index in [4.69, 9.17) is 11.6 Å². The van der Waals surface area contributed by atoms with Crippen molar-refractivity contribution >= 4 is 51.4 Å². The van der Waals surface area contributed by atoms with Gasteiger partial charge in [-0.2, -0.15) is 0 Å². The average molecular weight is 408 g/mol. The van der Waals surface area contributed by atoms with Gasteiger partial charge in [-0.3, -0.25) is 4.79 Å². The molecule has 1 aromatic carbocycles. The Morgan fingerprint density at radius 1 is 1.42 bits per heavy atom. The van der Waals surface area contributed by atoms with Crippen molar-refractivity contribution in [2.75, 3.05) is 0 Å². The van der Waals surface area contributed by atoms with Crippen LogP contribution in [0.1, 0.15) is 28.2 Å². The third kappa shape index (κ3) is 3.61. The number of carbonyl (C=O) groups is 1. The zero-order chi connectivity index (χ0) is 14.0. The monoisotopic (exact) mass is 407 g/mol. The quantitative estimate of drug-likeness (QED) is 0.749. The Kier molecular flexibility index (Phi) is 4.70. The maximum atomic E-state index is 12.1. The molecule has 19 heavy (non-hydrogen) atoms. The van der Waals surface area contributed by atoms with Gasteiger partial charge in [-0.1, -0.05) is 11.6 Å². The fourth-order valence-electron chi connectivity index (χ4n) is 1.60. The molecular weight excluding hydrogens is 397 g/mol. The van der Waals surface area contributed by atoms with Crippen molar-refractivity contribution < 1.29 is 9.90 Å². The molecule has 0 aliphatic heterocycles. The first kappa shape index (κ1) is 14.6. The number of hydrogen-bond donors (Lipinski definition) is 2. The van der Waals surface area contributed by atoms with Gasteiger partial charge in [0.2, 0.25) is 0 Å². The van der Waals surface area contributed by atoms with Crippen LogP contribution in [0.25, 0.3) is 0 Å². The molecule has 3 nitrogen and oxygen atoms in total. The summed E-state index contributed by atoms with van der Waals surface area (Å²) in [7, 11) is 0. The highest BCUT2D eigenvalue weighted by Gasteiger charge is 2.16. The number of halogens is 2. The van der Waals surface area contributed by atoms with Crippen LogP contribution in [-0.2, 0) is 0 Å². The summed E-state index contributed by atoms with van der Waals surface area (Å²) in [6, 6.07) is 8.44. The number of thiophene rings is 1. The lowest BCUT2D eigenvalue weighted by Gasteiger charge is -2.13. The predicted molar refractivity (Wildman–Crippen MR) is 86.0 cm³/mol. The van der Waals surface area contributed by atoms with E-state index in [1.54, 1.807) is 18.2 Å². The van der Waals surface area contributed by atoms with Crippen molar-refractivity contribution in [1.82, 2.24) is 5.32 Å². The first-order valence-corrected chi connectivity index (χ1v) is 7.79. The van der Waals surface area contributed by atoms with Crippen LogP contribution in [0.4, 0.5) is 0 Å². The van der Waals surface area contributed by atoms with Crippen molar-refractivity contribution in [2.24, 2.45) is 0 Å². The van der Waals surface area contributed by atoms with Gasteiger partial charge in [0.1, 0.15) is 5.75 Å². The van der Waals surface area contributed by atoms with E-state index in [2.05, 4.69) is 27.9 Å². The Bertz CT molecular complexity index is 614. The lowest BCUT2D eigenvalue weighted by atomic mass is 10.1. The summed E-state index contributed by atoms with van der Waals surface area (Å²) >= 11 is 9.39. The Morgan fingerprint density at radius 3 is 2.79 bits per heavy atom. The van der Waals surface area contributed by atoms with Gasteiger partial charge >= 0.3 is 0 Å². The minimum absolute atomic E-state index is 0.0191. The van der Waals surface area contributed by atoms with E-state index in [-0.39, 0.29) is 23.3 Å². The molecule has 0 aliphatic rings. The van der Waals surface area contributed by atoms with Crippen molar-refractivity contribution in [1.29, 1.82) is 0 Å². The van der Waals surface area contributed by atoms with Crippen LogP contribution in [0.3, 0.4) is 0 Å². The zero-order valence-corrected chi connectivity index (χ0v) is 13.7. The summed E-state index contributed by atoms with van der Waals surface area (Å²) in [6.07, 6.45) is 0. The molecule has 100 valence electrons. The van der Waals surface area contributed by atoms with Gasteiger partial charge in [0.15, 0.2) is 0 Å². The zero-order valence-electron chi connectivity index (χ0n) is 9.98. The molecule has 0 bridgehead atoms. The second-order valence-electron chi connectivity index (χ2n) is 4.00. The van der Waals surface area contributed by atoms with E-state index in [1.807, 2.05) is 13.0 Å². The van der Waals surface area contributed by atoms with Gasteiger partial charge in [0, 0.05) is 8.45 Å². The Morgan fingerprint density at radius 2 is 2.16 bits per heavy atom. The molecule has 1 unspecified atom stereocenters. The van der Waals surface area contributed by atoms with Crippen molar-refractivity contribution in [3.8, 4) is 5.75 Å². The second-order valence-corrected chi connectivity index (χ2v) is 6.99.